The number of hydrogen-bond acceptors (Lipinski definition) is 7. The van der Waals surface area contributed by atoms with Crippen molar-refractivity contribution in [3.05, 3.63) is 76.8 Å². The molecule has 12 heteroatoms. The molecule has 0 aromatic heterocycles. The lowest BCUT2D eigenvalue weighted by atomic mass is 10.2. The van der Waals surface area contributed by atoms with Crippen LogP contribution in [0.25, 0.3) is 0 Å². The van der Waals surface area contributed by atoms with Gasteiger partial charge in [0, 0.05) is 5.02 Å². The summed E-state index contributed by atoms with van der Waals surface area (Å²) in [6.45, 7) is 1.62. The number of rotatable bonds is 6. The van der Waals surface area contributed by atoms with Gasteiger partial charge in [-0.25, -0.2) is 0 Å². The van der Waals surface area contributed by atoms with E-state index in [4.69, 9.17) is 32.5 Å². The van der Waals surface area contributed by atoms with Crippen LogP contribution in [-0.4, -0.2) is 30.6 Å². The fraction of sp³-hybridized carbons (Fsp3) is 0.0909. The lowest BCUT2D eigenvalue weighted by Gasteiger charge is -2.13. The number of amides is 1. The highest BCUT2D eigenvalue weighted by Gasteiger charge is 2.35. The van der Waals surface area contributed by atoms with E-state index in [0.717, 1.165) is 5.01 Å². The lowest BCUT2D eigenvalue weighted by molar-refractivity contribution is -0.117. The number of carbonyl (C=O) groups is 1. The van der Waals surface area contributed by atoms with Crippen molar-refractivity contribution < 1.29 is 22.5 Å². The average Bonchev–Trinajstić information content (AvgIpc) is 3.08. The summed E-state index contributed by atoms with van der Waals surface area (Å²) < 4.78 is 37.4. The Morgan fingerprint density at radius 2 is 1.74 bits per heavy atom. The average molecular weight is 519 g/mol. The van der Waals surface area contributed by atoms with Crippen molar-refractivity contribution in [3.63, 3.8) is 0 Å². The summed E-state index contributed by atoms with van der Waals surface area (Å²) in [5.41, 5.74) is 0.965. The Labute approximate surface area is 205 Å². The van der Waals surface area contributed by atoms with Gasteiger partial charge in [0.15, 0.2) is 11.8 Å². The van der Waals surface area contributed by atoms with Crippen molar-refractivity contribution in [1.29, 1.82) is 0 Å². The summed E-state index contributed by atoms with van der Waals surface area (Å²) in [6, 6.07) is 15.7. The molecule has 0 fully saturated rings. The molecule has 1 amide bonds. The zero-order valence-electron chi connectivity index (χ0n) is 17.5. The molecule has 1 heterocycles. The van der Waals surface area contributed by atoms with Crippen LogP contribution in [0.5, 0.6) is 11.5 Å². The molecular weight excluding hydrogens is 503 g/mol. The minimum Gasteiger partial charge on any atom is -0.453 e. The molecule has 0 radical (unpaired) electrons. The number of hydrogen-bond donors (Lipinski definition) is 1. The largest absolute Gasteiger partial charge is 0.453 e. The van der Waals surface area contributed by atoms with Gasteiger partial charge in [-0.05, 0) is 61.5 Å². The summed E-state index contributed by atoms with van der Waals surface area (Å²) in [4.78, 5) is 12.6. The van der Waals surface area contributed by atoms with Crippen LogP contribution in [0, 0.1) is 0 Å². The number of hydrazone groups is 1. The third kappa shape index (κ3) is 5.10. The Morgan fingerprint density at radius 3 is 2.41 bits per heavy atom. The van der Waals surface area contributed by atoms with Gasteiger partial charge in [-0.1, -0.05) is 35.3 Å². The van der Waals surface area contributed by atoms with E-state index in [-0.39, 0.29) is 10.6 Å². The zero-order chi connectivity index (χ0) is 24.5. The highest BCUT2D eigenvalue weighted by Crippen LogP contribution is 2.37. The number of para-hydroxylation sites is 1. The van der Waals surface area contributed by atoms with Gasteiger partial charge in [0.05, 0.1) is 21.3 Å². The van der Waals surface area contributed by atoms with Crippen molar-refractivity contribution in [3.8, 4) is 11.5 Å². The molecule has 1 aliphatic heterocycles. The van der Waals surface area contributed by atoms with Gasteiger partial charge < -0.3 is 4.74 Å². The molecular formula is C22H16Cl2N4O5S. The van der Waals surface area contributed by atoms with Crippen LogP contribution in [0.3, 0.4) is 0 Å². The molecule has 4 rings (SSSR count). The van der Waals surface area contributed by atoms with E-state index in [2.05, 4.69) is 15.3 Å². The van der Waals surface area contributed by atoms with E-state index < -0.39 is 22.1 Å². The van der Waals surface area contributed by atoms with Crippen molar-refractivity contribution in [2.75, 3.05) is 5.01 Å². The van der Waals surface area contributed by atoms with E-state index in [9.17, 15) is 13.2 Å². The van der Waals surface area contributed by atoms with Crippen LogP contribution < -0.4 is 9.75 Å². The predicted molar refractivity (Wildman–Crippen MR) is 128 cm³/mol. The maximum absolute atomic E-state index is 12.9. The van der Waals surface area contributed by atoms with E-state index in [0.29, 0.717) is 32.9 Å². The first kappa shape index (κ1) is 23.8. The van der Waals surface area contributed by atoms with Gasteiger partial charge in [-0.15, -0.1) is 0 Å². The van der Waals surface area contributed by atoms with Crippen LogP contribution in [0.4, 0.5) is 11.4 Å². The Balaban J connectivity index is 1.58. The van der Waals surface area contributed by atoms with E-state index in [1.165, 1.54) is 30.3 Å². The summed E-state index contributed by atoms with van der Waals surface area (Å²) in [5, 5.41) is 14.4. The molecule has 1 N–H and O–H groups in total. The van der Waals surface area contributed by atoms with Gasteiger partial charge in [-0.2, -0.15) is 28.8 Å². The first-order chi connectivity index (χ1) is 16.1. The SMILES string of the molecule is CC1=NN(c2ccc(S(=O)(=O)O)cc2)C(=O)C1N=Nc1cc(Cl)ccc1Oc1ccccc1Cl. The maximum Gasteiger partial charge on any atom is 0.294 e. The Hall–Kier alpha value is -3.31. The molecule has 0 spiro atoms. The van der Waals surface area contributed by atoms with Gasteiger partial charge in [-0.3, -0.25) is 9.35 Å². The van der Waals surface area contributed by atoms with Gasteiger partial charge >= 0.3 is 0 Å². The maximum atomic E-state index is 12.9. The highest BCUT2D eigenvalue weighted by atomic mass is 35.5. The molecule has 1 atom stereocenters. The van der Waals surface area contributed by atoms with Crippen molar-refractivity contribution in [2.45, 2.75) is 17.9 Å². The summed E-state index contributed by atoms with van der Waals surface area (Å²) >= 11 is 12.3. The third-order valence-corrected chi connectivity index (χ3v) is 6.15. The Morgan fingerprint density at radius 1 is 1.03 bits per heavy atom. The van der Waals surface area contributed by atoms with Crippen molar-refractivity contribution in [1.82, 2.24) is 0 Å². The second kappa shape index (κ2) is 9.51. The molecule has 174 valence electrons. The van der Waals surface area contributed by atoms with Crippen molar-refractivity contribution in [2.24, 2.45) is 15.3 Å². The molecule has 1 unspecified atom stereocenters. The lowest BCUT2D eigenvalue weighted by Crippen LogP contribution is -2.29. The van der Waals surface area contributed by atoms with E-state index in [1.807, 2.05) is 0 Å². The fourth-order valence-corrected chi connectivity index (χ4v) is 3.88. The number of azo groups is 1. The minimum atomic E-state index is -4.35. The number of anilines is 1. The number of ether oxygens (including phenoxy) is 1. The van der Waals surface area contributed by atoms with Crippen LogP contribution in [0.15, 0.2) is 87.0 Å². The molecule has 0 saturated heterocycles. The molecule has 0 saturated carbocycles. The molecule has 0 aliphatic carbocycles. The highest BCUT2D eigenvalue weighted by molar-refractivity contribution is 7.85. The number of halogens is 2. The second-order valence-corrected chi connectivity index (χ2v) is 9.39. The molecule has 34 heavy (non-hydrogen) atoms. The first-order valence-corrected chi connectivity index (χ1v) is 11.9. The standard InChI is InChI=1S/C22H16Cl2N4O5S/c1-13-21(22(29)28(27-13)15-7-9-16(10-8-15)34(30,31)32)26-25-18-12-14(23)6-11-20(18)33-19-5-3-2-4-17(19)24/h2-12,21H,1H3,(H,30,31,32). The van der Waals surface area contributed by atoms with Crippen molar-refractivity contribution >= 4 is 56.3 Å². The summed E-state index contributed by atoms with van der Waals surface area (Å²) in [7, 11) is -4.35. The molecule has 3 aromatic rings. The van der Waals surface area contributed by atoms with E-state index in [1.54, 1.807) is 43.3 Å². The summed E-state index contributed by atoms with van der Waals surface area (Å²) in [5.74, 6) is 0.257. The molecule has 3 aromatic carbocycles. The van der Waals surface area contributed by atoms with Gasteiger partial charge in [0.1, 0.15) is 11.4 Å². The summed E-state index contributed by atoms with van der Waals surface area (Å²) in [6.07, 6.45) is 0. The quantitative estimate of drug-likeness (QED) is 0.321. The smallest absolute Gasteiger partial charge is 0.294 e. The monoisotopic (exact) mass is 518 g/mol. The van der Waals surface area contributed by atoms with Crippen LogP contribution in [-0.2, 0) is 14.9 Å². The number of benzene rings is 3. The zero-order valence-corrected chi connectivity index (χ0v) is 19.8. The van der Waals surface area contributed by atoms with Crippen LogP contribution in [0.1, 0.15) is 6.92 Å². The fourth-order valence-electron chi connectivity index (χ4n) is 3.05. The van der Waals surface area contributed by atoms with E-state index >= 15 is 0 Å². The van der Waals surface area contributed by atoms with Crippen LogP contribution >= 0.6 is 23.2 Å². The molecule has 9 nitrogen and oxygen atoms in total. The topological polar surface area (TPSA) is 121 Å². The van der Waals surface area contributed by atoms with Gasteiger partial charge in [0.2, 0.25) is 0 Å². The Kier molecular flexibility index (Phi) is 6.67. The normalized spacial score (nSPS) is 16.2. The second-order valence-electron chi connectivity index (χ2n) is 7.12. The predicted octanol–water partition coefficient (Wildman–Crippen LogP) is 5.91. The van der Waals surface area contributed by atoms with Gasteiger partial charge in [0.25, 0.3) is 16.0 Å². The molecule has 1 aliphatic rings. The first-order valence-electron chi connectivity index (χ1n) is 9.73. The Bertz CT molecular complexity index is 1430. The minimum absolute atomic E-state index is 0.281. The number of carbonyl (C=O) groups excluding carboxylic acids is 1. The molecule has 0 bridgehead atoms. The third-order valence-electron chi connectivity index (χ3n) is 4.73. The van der Waals surface area contributed by atoms with Crippen LogP contribution in [0.2, 0.25) is 10.0 Å². The number of nitrogens with zero attached hydrogens (tertiary/aromatic N) is 4.